The van der Waals surface area contributed by atoms with Gasteiger partial charge in [-0.05, 0) is 67.3 Å². The van der Waals surface area contributed by atoms with Gasteiger partial charge in [0.05, 0.1) is 10.6 Å². The monoisotopic (exact) mass is 665 g/mol. The quantitative estimate of drug-likeness (QED) is 0.167. The number of nitrogens with one attached hydrogen (secondary N) is 1. The molecule has 1 unspecified atom stereocenters. The summed E-state index contributed by atoms with van der Waals surface area (Å²) < 4.78 is 29.3. The van der Waals surface area contributed by atoms with Gasteiger partial charge in [-0.2, -0.15) is 0 Å². The number of carbonyl (C=O) groups is 2. The fourth-order valence-corrected chi connectivity index (χ4v) is 6.85. The molecular weight excluding hydrogens is 629 g/mol. The van der Waals surface area contributed by atoms with Crippen molar-refractivity contribution < 1.29 is 18.0 Å². The van der Waals surface area contributed by atoms with E-state index >= 15 is 0 Å². The van der Waals surface area contributed by atoms with E-state index in [2.05, 4.69) is 5.32 Å². The van der Waals surface area contributed by atoms with Crippen LogP contribution in [0.25, 0.3) is 0 Å². The highest BCUT2D eigenvalue weighted by Crippen LogP contribution is 2.30. The maximum Gasteiger partial charge on any atom is 0.264 e. The van der Waals surface area contributed by atoms with Crippen LogP contribution >= 0.6 is 23.2 Å². The summed E-state index contributed by atoms with van der Waals surface area (Å²) in [5, 5.41) is 3.38. The summed E-state index contributed by atoms with van der Waals surface area (Å²) in [5.74, 6) is -0.876. The summed E-state index contributed by atoms with van der Waals surface area (Å²) in [5.41, 5.74) is 3.66. The normalized spacial score (nSPS) is 11.9. The lowest BCUT2D eigenvalue weighted by atomic mass is 10.0. The lowest BCUT2D eigenvalue weighted by molar-refractivity contribution is -0.140. The molecule has 0 aliphatic carbocycles. The van der Waals surface area contributed by atoms with Crippen molar-refractivity contribution in [1.29, 1.82) is 0 Å². The zero-order valence-corrected chi connectivity index (χ0v) is 27.9. The Hall–Kier alpha value is -3.85. The van der Waals surface area contributed by atoms with Crippen molar-refractivity contribution in [3.8, 4) is 0 Å². The van der Waals surface area contributed by atoms with Gasteiger partial charge < -0.3 is 10.2 Å². The topological polar surface area (TPSA) is 86.8 Å². The minimum atomic E-state index is -4.27. The largest absolute Gasteiger partial charge is 0.354 e. The van der Waals surface area contributed by atoms with Gasteiger partial charge in [0.15, 0.2) is 0 Å². The number of benzene rings is 4. The van der Waals surface area contributed by atoms with Gasteiger partial charge in [0.2, 0.25) is 11.8 Å². The SMILES string of the molecule is CCCNC(=O)C(Cc1ccccc1)N(Cc1ccccc1C)C(=O)CN(c1cc(Cl)cc(Cl)c1)S(=O)(=O)c1ccc(C)cc1. The Morgan fingerprint density at radius 2 is 1.47 bits per heavy atom. The van der Waals surface area contributed by atoms with E-state index in [0.29, 0.717) is 13.0 Å². The third-order valence-corrected chi connectivity index (χ3v) is 9.67. The number of hydrogen-bond acceptors (Lipinski definition) is 4. The first-order valence-corrected chi connectivity index (χ1v) is 16.9. The summed E-state index contributed by atoms with van der Waals surface area (Å²) in [4.78, 5) is 29.8. The van der Waals surface area contributed by atoms with Gasteiger partial charge in [0, 0.05) is 29.6 Å². The molecule has 4 aromatic rings. The highest BCUT2D eigenvalue weighted by Gasteiger charge is 2.35. The molecule has 4 rings (SSSR count). The molecule has 0 aliphatic heterocycles. The van der Waals surface area contributed by atoms with Crippen molar-refractivity contribution in [3.63, 3.8) is 0 Å². The fourth-order valence-electron chi connectivity index (χ4n) is 4.94. The van der Waals surface area contributed by atoms with Crippen molar-refractivity contribution in [2.75, 3.05) is 17.4 Å². The first kappa shape index (κ1) is 34.0. The van der Waals surface area contributed by atoms with Crippen LogP contribution in [-0.4, -0.2) is 44.3 Å². The summed E-state index contributed by atoms with van der Waals surface area (Å²) in [6.07, 6.45) is 0.954. The van der Waals surface area contributed by atoms with E-state index in [4.69, 9.17) is 23.2 Å². The van der Waals surface area contributed by atoms with Gasteiger partial charge in [-0.3, -0.25) is 13.9 Å². The first-order chi connectivity index (χ1) is 21.5. The van der Waals surface area contributed by atoms with Gasteiger partial charge in [-0.25, -0.2) is 8.42 Å². The van der Waals surface area contributed by atoms with E-state index in [9.17, 15) is 18.0 Å². The number of nitrogens with zero attached hydrogens (tertiary/aromatic N) is 2. The molecule has 0 fully saturated rings. The number of sulfonamides is 1. The lowest BCUT2D eigenvalue weighted by Crippen LogP contribution is -2.53. The van der Waals surface area contributed by atoms with Crippen LogP contribution < -0.4 is 9.62 Å². The van der Waals surface area contributed by atoms with Crippen molar-refractivity contribution in [1.82, 2.24) is 10.2 Å². The van der Waals surface area contributed by atoms with E-state index < -0.39 is 28.5 Å². The standard InChI is InChI=1S/C35H37Cl2N3O4S/c1-4-18-38-35(42)33(19-27-11-6-5-7-12-27)39(23-28-13-9-8-10-26(28)3)34(41)24-40(31-21-29(36)20-30(37)22-31)45(43,44)32-16-14-25(2)15-17-32/h5-17,20-22,33H,4,18-19,23-24H2,1-3H3,(H,38,42). The Labute approximate surface area is 275 Å². The molecule has 0 aliphatic rings. The van der Waals surface area contributed by atoms with Crippen molar-refractivity contribution in [2.45, 2.75) is 51.1 Å². The zero-order chi connectivity index (χ0) is 32.6. The van der Waals surface area contributed by atoms with Crippen LogP contribution in [-0.2, 0) is 32.6 Å². The average Bonchev–Trinajstić information content (AvgIpc) is 3.01. The Bertz CT molecular complexity index is 1710. The summed E-state index contributed by atoms with van der Waals surface area (Å²) in [6, 6.07) is 26.9. The molecule has 4 aromatic carbocycles. The van der Waals surface area contributed by atoms with E-state index in [-0.39, 0.29) is 39.5 Å². The molecule has 0 radical (unpaired) electrons. The maximum atomic E-state index is 14.5. The first-order valence-electron chi connectivity index (χ1n) is 14.7. The van der Waals surface area contributed by atoms with E-state index in [1.54, 1.807) is 12.1 Å². The van der Waals surface area contributed by atoms with Gasteiger partial charge in [-0.15, -0.1) is 0 Å². The van der Waals surface area contributed by atoms with Gasteiger partial charge in [0.25, 0.3) is 10.0 Å². The van der Waals surface area contributed by atoms with E-state index in [1.165, 1.54) is 35.2 Å². The third kappa shape index (κ3) is 8.87. The second-order valence-corrected chi connectivity index (χ2v) is 13.6. The number of aryl methyl sites for hydroxylation is 2. The molecule has 45 heavy (non-hydrogen) atoms. The van der Waals surface area contributed by atoms with Crippen LogP contribution in [0, 0.1) is 13.8 Å². The molecule has 0 heterocycles. The molecule has 0 bridgehead atoms. The van der Waals surface area contributed by atoms with Crippen molar-refractivity contribution >= 4 is 50.7 Å². The molecule has 2 amide bonds. The lowest BCUT2D eigenvalue weighted by Gasteiger charge is -2.34. The zero-order valence-electron chi connectivity index (χ0n) is 25.5. The number of anilines is 1. The smallest absolute Gasteiger partial charge is 0.264 e. The van der Waals surface area contributed by atoms with Gasteiger partial charge in [0.1, 0.15) is 12.6 Å². The highest BCUT2D eigenvalue weighted by molar-refractivity contribution is 7.92. The van der Waals surface area contributed by atoms with Crippen LogP contribution in [0.3, 0.4) is 0 Å². The maximum absolute atomic E-state index is 14.5. The van der Waals surface area contributed by atoms with E-state index in [0.717, 1.165) is 26.6 Å². The molecule has 0 saturated heterocycles. The Balaban J connectivity index is 1.83. The van der Waals surface area contributed by atoms with Gasteiger partial charge >= 0.3 is 0 Å². The Morgan fingerprint density at radius 1 is 0.844 bits per heavy atom. The molecule has 1 atom stereocenters. The highest BCUT2D eigenvalue weighted by atomic mass is 35.5. The molecule has 10 heteroatoms. The average molecular weight is 667 g/mol. The second-order valence-electron chi connectivity index (χ2n) is 10.9. The molecular formula is C35H37Cl2N3O4S. The van der Waals surface area contributed by atoms with Crippen LogP contribution in [0.4, 0.5) is 5.69 Å². The molecule has 0 spiro atoms. The summed E-state index contributed by atoms with van der Waals surface area (Å²) in [7, 11) is -4.27. The van der Waals surface area contributed by atoms with E-state index in [1.807, 2.05) is 75.4 Å². The third-order valence-electron chi connectivity index (χ3n) is 7.45. The Morgan fingerprint density at radius 3 is 2.09 bits per heavy atom. The molecule has 0 aromatic heterocycles. The Kier molecular flexibility index (Phi) is 11.7. The minimum absolute atomic E-state index is 0.00368. The predicted octanol–water partition coefficient (Wildman–Crippen LogP) is 6.97. The fraction of sp³-hybridized carbons (Fsp3) is 0.257. The molecule has 236 valence electrons. The van der Waals surface area contributed by atoms with Gasteiger partial charge in [-0.1, -0.05) is 102 Å². The summed E-state index contributed by atoms with van der Waals surface area (Å²) in [6.45, 7) is 5.68. The number of amides is 2. The van der Waals surface area contributed by atoms with Crippen LogP contribution in [0.2, 0.25) is 10.0 Å². The minimum Gasteiger partial charge on any atom is -0.354 e. The number of carbonyl (C=O) groups excluding carboxylic acids is 2. The van der Waals surface area contributed by atoms with Crippen LogP contribution in [0.1, 0.15) is 35.6 Å². The molecule has 7 nitrogen and oxygen atoms in total. The number of hydrogen-bond donors (Lipinski definition) is 1. The summed E-state index contributed by atoms with van der Waals surface area (Å²) >= 11 is 12.6. The van der Waals surface area contributed by atoms with Crippen LogP contribution in [0.15, 0.2) is 102 Å². The number of halogens is 2. The second kappa shape index (κ2) is 15.4. The molecule has 0 saturated carbocycles. The van der Waals surface area contributed by atoms with Crippen molar-refractivity contribution in [3.05, 3.63) is 129 Å². The number of rotatable bonds is 13. The predicted molar refractivity (Wildman–Crippen MR) is 181 cm³/mol. The van der Waals surface area contributed by atoms with Crippen LogP contribution in [0.5, 0.6) is 0 Å². The van der Waals surface area contributed by atoms with Crippen molar-refractivity contribution in [2.24, 2.45) is 0 Å². The molecule has 1 N–H and O–H groups in total.